The molecule has 2 heterocycles. The van der Waals surface area contributed by atoms with E-state index in [-0.39, 0.29) is 6.04 Å². The molecular formula is C20H27N3O3S. The number of benzene rings is 1. The fourth-order valence-corrected chi connectivity index (χ4v) is 4.28. The molecule has 1 saturated heterocycles. The Morgan fingerprint density at radius 1 is 1.44 bits per heavy atom. The first-order valence-corrected chi connectivity index (χ1v) is 10.2. The summed E-state index contributed by atoms with van der Waals surface area (Å²) in [6.45, 7) is 1.25. The monoisotopic (exact) mass is 389 g/mol. The van der Waals surface area contributed by atoms with Crippen molar-refractivity contribution < 1.29 is 14.6 Å². The molecule has 27 heavy (non-hydrogen) atoms. The summed E-state index contributed by atoms with van der Waals surface area (Å²) in [6.07, 6.45) is 4.49. The number of hydrogen-bond donors (Lipinski definition) is 1. The lowest BCUT2D eigenvalue weighted by Crippen LogP contribution is -2.46. The Morgan fingerprint density at radius 3 is 3.00 bits per heavy atom. The number of carboxylic acid groups (broad SMARTS) is 1. The number of carbonyl (C=O) groups is 1. The van der Waals surface area contributed by atoms with Gasteiger partial charge in [0.15, 0.2) is 0 Å². The SMILES string of the molecule is CN(C)c1cccc(OCCC2CCN(C(=O)O)C(Cc3cncs3)C2)c1. The van der Waals surface area contributed by atoms with Crippen LogP contribution in [0.3, 0.4) is 0 Å². The molecule has 0 aliphatic carbocycles. The van der Waals surface area contributed by atoms with E-state index in [9.17, 15) is 9.90 Å². The Hall–Kier alpha value is -2.28. The minimum Gasteiger partial charge on any atom is -0.494 e. The third kappa shape index (κ3) is 5.35. The molecule has 7 heteroatoms. The molecule has 0 saturated carbocycles. The highest BCUT2D eigenvalue weighted by Gasteiger charge is 2.31. The molecule has 1 fully saturated rings. The molecule has 2 aromatic rings. The van der Waals surface area contributed by atoms with Crippen LogP contribution >= 0.6 is 11.3 Å². The highest BCUT2D eigenvalue weighted by atomic mass is 32.1. The van der Waals surface area contributed by atoms with Crippen molar-refractivity contribution in [2.75, 3.05) is 32.1 Å². The second-order valence-corrected chi connectivity index (χ2v) is 8.19. The number of hydrogen-bond acceptors (Lipinski definition) is 5. The Bertz CT molecular complexity index is 736. The minimum atomic E-state index is -0.820. The second kappa shape index (κ2) is 9.08. The zero-order valence-electron chi connectivity index (χ0n) is 15.9. The van der Waals surface area contributed by atoms with Crippen LogP contribution < -0.4 is 9.64 Å². The number of aromatic nitrogens is 1. The molecular weight excluding hydrogens is 362 g/mol. The molecule has 0 radical (unpaired) electrons. The maximum absolute atomic E-state index is 11.6. The van der Waals surface area contributed by atoms with E-state index in [1.807, 2.05) is 38.5 Å². The van der Waals surface area contributed by atoms with Crippen molar-refractivity contribution in [3.05, 3.63) is 40.8 Å². The Balaban J connectivity index is 1.53. The van der Waals surface area contributed by atoms with E-state index in [1.54, 1.807) is 21.7 Å². The molecule has 0 bridgehead atoms. The van der Waals surface area contributed by atoms with E-state index in [0.29, 0.717) is 19.1 Å². The topological polar surface area (TPSA) is 65.9 Å². The predicted octanol–water partition coefficient (Wildman–Crippen LogP) is 3.98. The van der Waals surface area contributed by atoms with Gasteiger partial charge in [-0.2, -0.15) is 0 Å². The zero-order valence-corrected chi connectivity index (χ0v) is 16.7. The van der Waals surface area contributed by atoms with Crippen LogP contribution in [0, 0.1) is 5.92 Å². The van der Waals surface area contributed by atoms with Crippen molar-refractivity contribution in [1.82, 2.24) is 9.88 Å². The van der Waals surface area contributed by atoms with Crippen LogP contribution in [0.5, 0.6) is 5.75 Å². The molecule has 1 aromatic carbocycles. The molecule has 2 atom stereocenters. The number of rotatable bonds is 7. The first-order chi connectivity index (χ1) is 13.0. The minimum absolute atomic E-state index is 0.0266. The van der Waals surface area contributed by atoms with Gasteiger partial charge in [-0.1, -0.05) is 6.07 Å². The Labute approximate surface area is 164 Å². The summed E-state index contributed by atoms with van der Waals surface area (Å²) in [4.78, 5) is 20.5. The number of anilines is 1. The summed E-state index contributed by atoms with van der Waals surface area (Å²) in [7, 11) is 4.02. The number of ether oxygens (including phenoxy) is 1. The van der Waals surface area contributed by atoms with Crippen molar-refractivity contribution in [1.29, 1.82) is 0 Å². The van der Waals surface area contributed by atoms with Crippen LogP contribution in [0.1, 0.15) is 24.1 Å². The summed E-state index contributed by atoms with van der Waals surface area (Å²) in [6, 6.07) is 8.10. The van der Waals surface area contributed by atoms with E-state index in [0.717, 1.165) is 42.0 Å². The molecule has 1 N–H and O–H groups in total. The summed E-state index contributed by atoms with van der Waals surface area (Å²) in [5.41, 5.74) is 2.92. The maximum atomic E-state index is 11.6. The van der Waals surface area contributed by atoms with Gasteiger partial charge in [0.2, 0.25) is 0 Å². The standard InChI is InChI=1S/C20H27N3O3S/c1-22(2)16-4-3-5-18(11-16)26-9-7-15-6-8-23(20(24)25)17(10-15)12-19-13-21-14-27-19/h3-5,11,13-15,17H,6-10,12H2,1-2H3,(H,24,25). The normalized spacial score (nSPS) is 19.7. The van der Waals surface area contributed by atoms with Gasteiger partial charge in [-0.05, 0) is 37.3 Å². The number of amides is 1. The average molecular weight is 390 g/mol. The molecule has 1 aliphatic rings. The van der Waals surface area contributed by atoms with E-state index < -0.39 is 6.09 Å². The smallest absolute Gasteiger partial charge is 0.407 e. The maximum Gasteiger partial charge on any atom is 0.407 e. The van der Waals surface area contributed by atoms with Crippen LogP contribution in [0.4, 0.5) is 10.5 Å². The van der Waals surface area contributed by atoms with Gasteiger partial charge < -0.3 is 19.6 Å². The molecule has 0 spiro atoms. The Morgan fingerprint density at radius 2 is 2.30 bits per heavy atom. The predicted molar refractivity (Wildman–Crippen MR) is 108 cm³/mol. The van der Waals surface area contributed by atoms with Gasteiger partial charge >= 0.3 is 6.09 Å². The summed E-state index contributed by atoms with van der Waals surface area (Å²) in [5, 5.41) is 9.50. The van der Waals surface area contributed by atoms with E-state index in [1.165, 1.54) is 0 Å². The van der Waals surface area contributed by atoms with E-state index in [2.05, 4.69) is 16.0 Å². The number of thiazole rings is 1. The lowest BCUT2D eigenvalue weighted by atomic mass is 9.87. The van der Waals surface area contributed by atoms with Gasteiger partial charge in [0, 0.05) is 55.9 Å². The van der Waals surface area contributed by atoms with E-state index >= 15 is 0 Å². The van der Waals surface area contributed by atoms with Crippen LogP contribution in [-0.4, -0.2) is 54.4 Å². The number of likely N-dealkylation sites (tertiary alicyclic amines) is 1. The van der Waals surface area contributed by atoms with Gasteiger partial charge in [-0.25, -0.2) is 4.79 Å². The quantitative estimate of drug-likeness (QED) is 0.776. The highest BCUT2D eigenvalue weighted by molar-refractivity contribution is 7.09. The molecule has 1 aliphatic heterocycles. The molecule has 2 unspecified atom stereocenters. The molecule has 1 amide bonds. The van der Waals surface area contributed by atoms with Crippen LogP contribution in [-0.2, 0) is 6.42 Å². The molecule has 3 rings (SSSR count). The summed E-state index contributed by atoms with van der Waals surface area (Å²) < 4.78 is 5.95. The summed E-state index contributed by atoms with van der Waals surface area (Å²) >= 11 is 1.59. The Kier molecular flexibility index (Phi) is 6.55. The zero-order chi connectivity index (χ0) is 19.2. The molecule has 6 nitrogen and oxygen atoms in total. The van der Waals surface area contributed by atoms with Crippen molar-refractivity contribution in [2.45, 2.75) is 31.7 Å². The average Bonchev–Trinajstić information content (AvgIpc) is 3.15. The third-order valence-electron chi connectivity index (χ3n) is 5.12. The van der Waals surface area contributed by atoms with Crippen LogP contribution in [0.15, 0.2) is 36.0 Å². The van der Waals surface area contributed by atoms with Gasteiger partial charge in [0.05, 0.1) is 12.1 Å². The largest absolute Gasteiger partial charge is 0.494 e. The van der Waals surface area contributed by atoms with Gasteiger partial charge in [-0.15, -0.1) is 11.3 Å². The number of nitrogens with zero attached hydrogens (tertiary/aromatic N) is 3. The second-order valence-electron chi connectivity index (χ2n) is 7.22. The van der Waals surface area contributed by atoms with E-state index in [4.69, 9.17) is 4.74 Å². The fourth-order valence-electron chi connectivity index (χ4n) is 3.61. The fraction of sp³-hybridized carbons (Fsp3) is 0.500. The van der Waals surface area contributed by atoms with Gasteiger partial charge in [0.1, 0.15) is 5.75 Å². The first kappa shape index (κ1) is 19.5. The highest BCUT2D eigenvalue weighted by Crippen LogP contribution is 2.29. The van der Waals surface area contributed by atoms with Crippen LogP contribution in [0.2, 0.25) is 0 Å². The lowest BCUT2D eigenvalue weighted by Gasteiger charge is -2.37. The molecule has 1 aromatic heterocycles. The third-order valence-corrected chi connectivity index (χ3v) is 5.92. The first-order valence-electron chi connectivity index (χ1n) is 9.30. The summed E-state index contributed by atoms with van der Waals surface area (Å²) in [5.74, 6) is 1.36. The lowest BCUT2D eigenvalue weighted by molar-refractivity contribution is 0.0845. The van der Waals surface area contributed by atoms with Crippen LogP contribution in [0.25, 0.3) is 0 Å². The van der Waals surface area contributed by atoms with Gasteiger partial charge in [0.25, 0.3) is 0 Å². The van der Waals surface area contributed by atoms with Gasteiger partial charge in [-0.3, -0.25) is 4.98 Å². The van der Waals surface area contributed by atoms with Crippen molar-refractivity contribution in [2.24, 2.45) is 5.92 Å². The van der Waals surface area contributed by atoms with Crippen molar-refractivity contribution in [3.63, 3.8) is 0 Å². The van der Waals surface area contributed by atoms with Crippen molar-refractivity contribution in [3.8, 4) is 5.75 Å². The molecule has 146 valence electrons. The van der Waals surface area contributed by atoms with Crippen molar-refractivity contribution >= 4 is 23.1 Å². The number of piperidine rings is 1.